The van der Waals surface area contributed by atoms with Crippen LogP contribution in [0, 0.1) is 0 Å². The first-order chi connectivity index (χ1) is 19.7. The molecule has 0 bridgehead atoms. The number of Topliss-reactive ketones (excluding diaryl/α,β-unsaturated/α-hetero) is 1. The molecule has 2 heterocycles. The number of thiocarbonyl (C=S) groups is 1. The Morgan fingerprint density at radius 2 is 1.52 bits per heavy atom. The fourth-order valence-corrected chi connectivity index (χ4v) is 4.68. The van der Waals surface area contributed by atoms with Gasteiger partial charge in [0.1, 0.15) is 18.3 Å². The van der Waals surface area contributed by atoms with Gasteiger partial charge in [0, 0.05) is 37.6 Å². The molecule has 42 heavy (non-hydrogen) atoms. The molecule has 0 amide bonds. The Kier molecular flexibility index (Phi) is 10.8. The highest BCUT2D eigenvalue weighted by Crippen LogP contribution is 2.31. The summed E-state index contributed by atoms with van der Waals surface area (Å²) in [4.78, 5) is 60.6. The smallest absolute Gasteiger partial charge is 0.303 e. The highest BCUT2D eigenvalue weighted by Gasteiger charge is 2.54. The first-order valence-corrected chi connectivity index (χ1v) is 13.6. The van der Waals surface area contributed by atoms with E-state index in [1.165, 1.54) is 6.92 Å². The van der Waals surface area contributed by atoms with Crippen molar-refractivity contribution in [2.45, 2.75) is 65.3 Å². The Balaban J connectivity index is 2.26. The molecule has 16 heteroatoms. The number of nitrogens with zero attached hydrogens (tertiary/aromatic N) is 2. The predicted molar refractivity (Wildman–Crippen MR) is 150 cm³/mol. The summed E-state index contributed by atoms with van der Waals surface area (Å²) in [5.74, 6) is -3.55. The second kappa shape index (κ2) is 13.8. The number of hydrogen-bond acceptors (Lipinski definition) is 13. The van der Waals surface area contributed by atoms with Crippen LogP contribution in [0.2, 0.25) is 0 Å². The molecule has 1 aromatic heterocycles. The summed E-state index contributed by atoms with van der Waals surface area (Å²) in [6.45, 7) is 5.23. The van der Waals surface area contributed by atoms with Crippen molar-refractivity contribution in [3.63, 3.8) is 0 Å². The number of ether oxygens (including phenoxy) is 5. The molecule has 1 saturated heterocycles. The molecule has 0 aliphatic carbocycles. The summed E-state index contributed by atoms with van der Waals surface area (Å²) in [5, 5.41) is 5.40. The Bertz CT molecular complexity index is 1490. The fourth-order valence-electron chi connectivity index (χ4n) is 4.16. The van der Waals surface area contributed by atoms with E-state index in [1.807, 2.05) is 0 Å². The van der Waals surface area contributed by atoms with Crippen LogP contribution in [0.1, 0.15) is 45.0 Å². The number of benzene rings is 1. The molecule has 0 spiro atoms. The van der Waals surface area contributed by atoms with Crippen molar-refractivity contribution in [3.05, 3.63) is 39.9 Å². The summed E-state index contributed by atoms with van der Waals surface area (Å²) in [6, 6.07) is 6.64. The molecule has 0 saturated carbocycles. The Morgan fingerprint density at radius 3 is 2.07 bits per heavy atom. The van der Waals surface area contributed by atoms with Crippen LogP contribution < -0.4 is 11.3 Å². The summed E-state index contributed by atoms with van der Waals surface area (Å²) in [5.41, 5.74) is 6.21. The van der Waals surface area contributed by atoms with Crippen molar-refractivity contribution >= 4 is 73.9 Å². The standard InChI is InChI=1S/C26H28BrN3O11S/c1-11(31)18-9-16-8-17(27)6-7-19(16)40-24(18)29-30(26(28)42)25-23(39-15(5)35)22(38-14(4)34)21(37-13(3)33)20(41-25)10-36-12(2)32/h6-9,20-23,25H,10H2,1-5H3,(H2,28,42)/t20-,21+,22+,23-,25-/m1/s1. The van der Waals surface area contributed by atoms with E-state index in [-0.39, 0.29) is 11.1 Å². The normalized spacial score (nSPS) is 22.1. The van der Waals surface area contributed by atoms with Gasteiger partial charge in [0.2, 0.25) is 5.55 Å². The number of nitrogens with two attached hydrogens (primary N) is 1. The molecule has 2 aromatic rings. The van der Waals surface area contributed by atoms with Gasteiger partial charge in [-0.05, 0) is 43.4 Å². The summed E-state index contributed by atoms with van der Waals surface area (Å²) in [6.07, 6.45) is -7.30. The van der Waals surface area contributed by atoms with Crippen LogP contribution in [0.5, 0.6) is 0 Å². The summed E-state index contributed by atoms with van der Waals surface area (Å²) < 4.78 is 34.1. The molecule has 1 aliphatic heterocycles. The molecular formula is C26H28BrN3O11S. The molecular weight excluding hydrogens is 642 g/mol. The molecule has 2 N–H and O–H groups in total. The van der Waals surface area contributed by atoms with Gasteiger partial charge in [0.15, 0.2) is 35.4 Å². The second-order valence-corrected chi connectivity index (χ2v) is 10.4. The van der Waals surface area contributed by atoms with Crippen LogP contribution >= 0.6 is 28.1 Å². The minimum Gasteiger partial charge on any atom is -0.463 e. The molecule has 14 nitrogen and oxygen atoms in total. The van der Waals surface area contributed by atoms with Crippen LogP contribution in [0.3, 0.4) is 0 Å². The van der Waals surface area contributed by atoms with E-state index in [2.05, 4.69) is 21.0 Å². The van der Waals surface area contributed by atoms with E-state index in [4.69, 9.17) is 46.1 Å². The molecule has 0 radical (unpaired) electrons. The zero-order valence-electron chi connectivity index (χ0n) is 23.2. The molecule has 1 aliphatic rings. The number of carbonyl (C=O) groups is 5. The number of rotatable bonds is 8. The van der Waals surface area contributed by atoms with Crippen molar-refractivity contribution in [2.24, 2.45) is 10.8 Å². The van der Waals surface area contributed by atoms with E-state index >= 15 is 0 Å². The number of esters is 4. The lowest BCUT2D eigenvalue weighted by molar-refractivity contribution is -0.271. The number of hydrogen-bond donors (Lipinski definition) is 1. The SMILES string of the molecule is CC(=O)OC[C@H]1O[C@@H](N(N=c2oc3ccc(Br)cc3cc2C(C)=O)C(N)=S)[C@H](OC(C)=O)[C@@H](OC(C)=O)[C@H]1OC(C)=O. The quantitative estimate of drug-likeness (QED) is 0.141. The Labute approximate surface area is 253 Å². The van der Waals surface area contributed by atoms with Gasteiger partial charge >= 0.3 is 23.9 Å². The van der Waals surface area contributed by atoms with Crippen molar-refractivity contribution in [1.82, 2.24) is 5.01 Å². The Morgan fingerprint density at radius 1 is 0.929 bits per heavy atom. The lowest BCUT2D eigenvalue weighted by Crippen LogP contribution is -2.66. The third-order valence-corrected chi connectivity index (χ3v) is 6.40. The molecule has 226 valence electrons. The van der Waals surface area contributed by atoms with Crippen LogP contribution in [0.25, 0.3) is 11.0 Å². The average Bonchev–Trinajstić information content (AvgIpc) is 2.87. The molecule has 3 rings (SSSR count). The average molecular weight is 670 g/mol. The van der Waals surface area contributed by atoms with Crippen LogP contribution in [-0.2, 0) is 42.9 Å². The van der Waals surface area contributed by atoms with Crippen molar-refractivity contribution in [1.29, 1.82) is 0 Å². The highest BCUT2D eigenvalue weighted by atomic mass is 79.9. The second-order valence-electron chi connectivity index (χ2n) is 9.08. The van der Waals surface area contributed by atoms with Gasteiger partial charge in [-0.1, -0.05) is 15.9 Å². The van der Waals surface area contributed by atoms with Gasteiger partial charge in [-0.2, -0.15) is 0 Å². The van der Waals surface area contributed by atoms with E-state index in [0.717, 1.165) is 37.2 Å². The van der Waals surface area contributed by atoms with Gasteiger partial charge in [-0.15, -0.1) is 5.10 Å². The van der Waals surface area contributed by atoms with E-state index < -0.39 is 72.0 Å². The van der Waals surface area contributed by atoms with Crippen molar-refractivity contribution in [2.75, 3.05) is 6.61 Å². The first-order valence-electron chi connectivity index (χ1n) is 12.4. The van der Waals surface area contributed by atoms with Crippen LogP contribution in [-0.4, -0.2) is 77.0 Å². The van der Waals surface area contributed by atoms with Gasteiger partial charge in [0.25, 0.3) is 0 Å². The Hall–Kier alpha value is -3.89. The molecule has 0 unspecified atom stereocenters. The topological polar surface area (TPSA) is 186 Å². The van der Waals surface area contributed by atoms with Gasteiger partial charge in [-0.25, -0.2) is 5.01 Å². The largest absolute Gasteiger partial charge is 0.463 e. The number of carbonyl (C=O) groups excluding carboxylic acids is 5. The lowest BCUT2D eigenvalue weighted by atomic mass is 9.97. The number of halogens is 1. The number of fused-ring (bicyclic) bond motifs is 1. The van der Waals surface area contributed by atoms with E-state index in [0.29, 0.717) is 11.0 Å². The van der Waals surface area contributed by atoms with Crippen LogP contribution in [0.15, 0.2) is 38.3 Å². The van der Waals surface area contributed by atoms with Crippen molar-refractivity contribution < 1.29 is 52.1 Å². The fraction of sp³-hybridized carbons (Fsp3) is 0.423. The minimum atomic E-state index is -1.56. The summed E-state index contributed by atoms with van der Waals surface area (Å²) in [7, 11) is 0. The molecule has 1 fully saturated rings. The van der Waals surface area contributed by atoms with Gasteiger partial charge < -0.3 is 33.8 Å². The van der Waals surface area contributed by atoms with E-state index in [9.17, 15) is 24.0 Å². The zero-order chi connectivity index (χ0) is 31.3. The van der Waals surface area contributed by atoms with Crippen LogP contribution in [0.4, 0.5) is 0 Å². The third kappa shape index (κ3) is 8.10. The van der Waals surface area contributed by atoms with Crippen molar-refractivity contribution in [3.8, 4) is 0 Å². The maximum Gasteiger partial charge on any atom is 0.303 e. The number of ketones is 1. The molecule has 5 atom stereocenters. The third-order valence-electron chi connectivity index (χ3n) is 5.72. The van der Waals surface area contributed by atoms with E-state index in [1.54, 1.807) is 24.3 Å². The zero-order valence-corrected chi connectivity index (χ0v) is 25.6. The maximum absolute atomic E-state index is 12.6. The maximum atomic E-state index is 12.6. The lowest BCUT2D eigenvalue weighted by Gasteiger charge is -2.46. The van der Waals surface area contributed by atoms with Gasteiger partial charge in [0.05, 0.1) is 5.56 Å². The predicted octanol–water partition coefficient (Wildman–Crippen LogP) is 1.84. The van der Waals surface area contributed by atoms with Gasteiger partial charge in [-0.3, -0.25) is 24.0 Å². The minimum absolute atomic E-state index is 0.0486. The summed E-state index contributed by atoms with van der Waals surface area (Å²) >= 11 is 8.61. The highest BCUT2D eigenvalue weighted by molar-refractivity contribution is 9.10. The molecule has 1 aromatic carbocycles. The first kappa shape index (κ1) is 32.6. The monoisotopic (exact) mass is 669 g/mol.